The molecule has 0 unspecified atom stereocenters. The van der Waals surface area contributed by atoms with Gasteiger partial charge >= 0.3 is 6.01 Å². The molecule has 94 valence electrons. The van der Waals surface area contributed by atoms with Gasteiger partial charge in [-0.15, -0.1) is 0 Å². The molecular weight excluding hydrogens is 232 g/mol. The number of nitrogen functional groups attached to an aromatic ring is 2. The third-order valence-corrected chi connectivity index (χ3v) is 2.53. The Morgan fingerprint density at radius 2 is 1.56 bits per heavy atom. The lowest BCUT2D eigenvalue weighted by atomic mass is 10.1. The van der Waals surface area contributed by atoms with E-state index in [-0.39, 0.29) is 0 Å². The first-order valence-electron chi connectivity index (χ1n) is 5.25. The summed E-state index contributed by atoms with van der Waals surface area (Å²) in [6.07, 6.45) is 3.28. The van der Waals surface area contributed by atoms with Gasteiger partial charge in [0, 0.05) is 29.6 Å². The Hall–Kier alpha value is -2.50. The van der Waals surface area contributed by atoms with Crippen LogP contribution in [0.4, 0.5) is 11.4 Å². The van der Waals surface area contributed by atoms with Crippen molar-refractivity contribution in [3.63, 3.8) is 0 Å². The van der Waals surface area contributed by atoms with Crippen molar-refractivity contribution >= 4 is 11.4 Å². The minimum Gasteiger partial charge on any atom is -0.496 e. The third kappa shape index (κ3) is 2.13. The van der Waals surface area contributed by atoms with Crippen LogP contribution in [0.1, 0.15) is 0 Å². The third-order valence-electron chi connectivity index (χ3n) is 2.53. The van der Waals surface area contributed by atoms with Gasteiger partial charge in [0.15, 0.2) is 0 Å². The molecule has 2 aromatic rings. The van der Waals surface area contributed by atoms with E-state index in [0.29, 0.717) is 23.1 Å². The van der Waals surface area contributed by atoms with Gasteiger partial charge in [0.25, 0.3) is 0 Å². The van der Waals surface area contributed by atoms with Crippen molar-refractivity contribution in [3.8, 4) is 22.9 Å². The quantitative estimate of drug-likeness (QED) is 0.793. The van der Waals surface area contributed by atoms with Gasteiger partial charge in [-0.2, -0.15) is 0 Å². The van der Waals surface area contributed by atoms with E-state index in [2.05, 4.69) is 9.97 Å². The first kappa shape index (κ1) is 12.0. The molecule has 2 rings (SSSR count). The van der Waals surface area contributed by atoms with Crippen molar-refractivity contribution in [2.24, 2.45) is 0 Å². The zero-order valence-electron chi connectivity index (χ0n) is 10.2. The van der Waals surface area contributed by atoms with Gasteiger partial charge < -0.3 is 20.9 Å². The Balaban J connectivity index is 2.51. The fourth-order valence-corrected chi connectivity index (χ4v) is 1.57. The molecule has 1 aromatic carbocycles. The normalized spacial score (nSPS) is 10.1. The summed E-state index contributed by atoms with van der Waals surface area (Å²) in [5.74, 6) is 0.621. The molecule has 0 aliphatic rings. The number of anilines is 2. The minimum atomic E-state index is 0.307. The number of nitrogens with two attached hydrogens (primary N) is 2. The van der Waals surface area contributed by atoms with E-state index >= 15 is 0 Å². The lowest BCUT2D eigenvalue weighted by molar-refractivity contribution is 0.380. The van der Waals surface area contributed by atoms with Crippen LogP contribution >= 0.6 is 0 Å². The number of rotatable bonds is 3. The number of hydrogen-bond donors (Lipinski definition) is 2. The maximum atomic E-state index is 5.79. The largest absolute Gasteiger partial charge is 0.496 e. The molecule has 0 radical (unpaired) electrons. The van der Waals surface area contributed by atoms with Crippen molar-refractivity contribution in [2.75, 3.05) is 25.7 Å². The van der Waals surface area contributed by atoms with Crippen LogP contribution in [0.3, 0.4) is 0 Å². The predicted molar refractivity (Wildman–Crippen MR) is 69.4 cm³/mol. The highest BCUT2D eigenvalue weighted by atomic mass is 16.5. The second-order valence-corrected chi connectivity index (χ2v) is 3.64. The molecule has 0 bridgehead atoms. The Bertz CT molecular complexity index is 555. The average molecular weight is 246 g/mol. The molecular formula is C12H14N4O2. The van der Waals surface area contributed by atoms with E-state index in [4.69, 9.17) is 20.9 Å². The fraction of sp³-hybridized carbons (Fsp3) is 0.167. The van der Waals surface area contributed by atoms with Gasteiger partial charge in [0.05, 0.1) is 25.6 Å². The van der Waals surface area contributed by atoms with E-state index < -0.39 is 0 Å². The van der Waals surface area contributed by atoms with E-state index in [1.54, 1.807) is 31.6 Å². The summed E-state index contributed by atoms with van der Waals surface area (Å²) in [6.45, 7) is 0. The summed E-state index contributed by atoms with van der Waals surface area (Å²) >= 11 is 0. The lowest BCUT2D eigenvalue weighted by Crippen LogP contribution is -1.98. The van der Waals surface area contributed by atoms with Crippen molar-refractivity contribution in [1.29, 1.82) is 0 Å². The van der Waals surface area contributed by atoms with Crippen LogP contribution in [0.5, 0.6) is 11.8 Å². The Labute approximate surface area is 105 Å². The molecule has 0 aliphatic heterocycles. The summed E-state index contributed by atoms with van der Waals surface area (Å²) in [5.41, 5.74) is 14.0. The number of hydrogen-bond acceptors (Lipinski definition) is 6. The van der Waals surface area contributed by atoms with Crippen LogP contribution in [-0.4, -0.2) is 24.2 Å². The van der Waals surface area contributed by atoms with Crippen LogP contribution in [0.2, 0.25) is 0 Å². The molecule has 0 saturated carbocycles. The summed E-state index contributed by atoms with van der Waals surface area (Å²) in [4.78, 5) is 8.08. The monoisotopic (exact) mass is 246 g/mol. The Morgan fingerprint density at radius 1 is 0.944 bits per heavy atom. The topological polar surface area (TPSA) is 96.3 Å². The molecule has 4 N–H and O–H groups in total. The highest BCUT2D eigenvalue weighted by Crippen LogP contribution is 2.34. The van der Waals surface area contributed by atoms with Gasteiger partial charge in [0.2, 0.25) is 0 Å². The number of aromatic nitrogens is 2. The lowest BCUT2D eigenvalue weighted by Gasteiger charge is -2.11. The first-order valence-corrected chi connectivity index (χ1v) is 5.25. The standard InChI is InChI=1S/C12H14N4O2/c1-17-11-4-10(14)9(13)3-8(11)7-5-15-12(18-2)16-6-7/h3-6H,13-14H2,1-2H3. The molecule has 1 heterocycles. The summed E-state index contributed by atoms with van der Waals surface area (Å²) in [5, 5.41) is 0. The number of nitrogens with zero attached hydrogens (tertiary/aromatic N) is 2. The molecule has 6 nitrogen and oxygen atoms in total. The molecule has 18 heavy (non-hydrogen) atoms. The van der Waals surface area contributed by atoms with Crippen LogP contribution in [0.15, 0.2) is 24.5 Å². The predicted octanol–water partition coefficient (Wildman–Crippen LogP) is 1.33. The highest BCUT2D eigenvalue weighted by molar-refractivity contribution is 5.79. The number of benzene rings is 1. The molecule has 0 spiro atoms. The average Bonchev–Trinajstić information content (AvgIpc) is 2.41. The van der Waals surface area contributed by atoms with Crippen LogP contribution in [0, 0.1) is 0 Å². The summed E-state index contributed by atoms with van der Waals surface area (Å²) in [6, 6.07) is 3.72. The Kier molecular flexibility index (Phi) is 3.18. The second kappa shape index (κ2) is 4.79. The van der Waals surface area contributed by atoms with E-state index in [1.807, 2.05) is 0 Å². The van der Waals surface area contributed by atoms with Gasteiger partial charge in [-0.1, -0.05) is 0 Å². The zero-order chi connectivity index (χ0) is 13.1. The molecule has 1 aromatic heterocycles. The smallest absolute Gasteiger partial charge is 0.316 e. The van der Waals surface area contributed by atoms with E-state index in [0.717, 1.165) is 11.1 Å². The SMILES string of the molecule is COc1ncc(-c2cc(N)c(N)cc2OC)cn1. The zero-order valence-corrected chi connectivity index (χ0v) is 10.2. The highest BCUT2D eigenvalue weighted by Gasteiger charge is 2.10. The van der Waals surface area contributed by atoms with Gasteiger partial charge in [0.1, 0.15) is 5.75 Å². The summed E-state index contributed by atoms with van der Waals surface area (Å²) < 4.78 is 10.2. The molecule has 6 heteroatoms. The van der Waals surface area contributed by atoms with Crippen molar-refractivity contribution in [3.05, 3.63) is 24.5 Å². The maximum absolute atomic E-state index is 5.79. The van der Waals surface area contributed by atoms with E-state index in [1.165, 1.54) is 7.11 Å². The molecule has 0 aliphatic carbocycles. The van der Waals surface area contributed by atoms with Crippen molar-refractivity contribution in [1.82, 2.24) is 9.97 Å². The van der Waals surface area contributed by atoms with E-state index in [9.17, 15) is 0 Å². The molecule has 0 amide bonds. The maximum Gasteiger partial charge on any atom is 0.316 e. The second-order valence-electron chi connectivity index (χ2n) is 3.64. The minimum absolute atomic E-state index is 0.307. The van der Waals surface area contributed by atoms with Gasteiger partial charge in [-0.25, -0.2) is 9.97 Å². The fourth-order valence-electron chi connectivity index (χ4n) is 1.57. The Morgan fingerprint density at radius 3 is 2.11 bits per heavy atom. The van der Waals surface area contributed by atoms with Gasteiger partial charge in [-0.3, -0.25) is 0 Å². The van der Waals surface area contributed by atoms with Gasteiger partial charge in [-0.05, 0) is 6.07 Å². The molecule has 0 fully saturated rings. The first-order chi connectivity index (χ1) is 8.65. The molecule has 0 saturated heterocycles. The summed E-state index contributed by atoms with van der Waals surface area (Å²) in [7, 11) is 3.08. The van der Waals surface area contributed by atoms with Crippen molar-refractivity contribution in [2.45, 2.75) is 0 Å². The van der Waals surface area contributed by atoms with Crippen LogP contribution < -0.4 is 20.9 Å². The molecule has 0 atom stereocenters. The van der Waals surface area contributed by atoms with Crippen molar-refractivity contribution < 1.29 is 9.47 Å². The number of ether oxygens (including phenoxy) is 2. The van der Waals surface area contributed by atoms with Crippen LogP contribution in [0.25, 0.3) is 11.1 Å². The van der Waals surface area contributed by atoms with Crippen LogP contribution in [-0.2, 0) is 0 Å². The number of methoxy groups -OCH3 is 2.